The SMILES string of the molecule is O=C(CNc1ccc2ccccc2c1)N/N=C\c1cc(Cc2ccccc2Cl)ccc1O. The number of fused-ring (bicyclic) bond motifs is 1. The first-order chi connectivity index (χ1) is 15.6. The molecule has 4 aromatic rings. The lowest BCUT2D eigenvalue weighted by Gasteiger charge is -2.07. The Morgan fingerprint density at radius 3 is 2.56 bits per heavy atom. The van der Waals surface area contributed by atoms with Crippen LogP contribution in [0.25, 0.3) is 10.8 Å². The van der Waals surface area contributed by atoms with Crippen LogP contribution in [0.2, 0.25) is 5.02 Å². The van der Waals surface area contributed by atoms with E-state index in [0.29, 0.717) is 17.0 Å². The lowest BCUT2D eigenvalue weighted by atomic mass is 10.0. The molecule has 0 radical (unpaired) electrons. The van der Waals surface area contributed by atoms with Crippen LogP contribution in [0.3, 0.4) is 0 Å². The second-order valence-corrected chi connectivity index (χ2v) is 7.78. The standard InChI is InChI=1S/C26H22ClN3O2/c27-24-8-4-3-7-21(24)13-18-9-12-25(31)22(14-18)16-29-30-26(32)17-28-23-11-10-19-5-1-2-6-20(19)15-23/h1-12,14-16,28,31H,13,17H2,(H,30,32)/b29-16-. The summed E-state index contributed by atoms with van der Waals surface area (Å²) in [4.78, 5) is 12.1. The molecule has 0 aliphatic carbocycles. The molecule has 0 aromatic heterocycles. The molecule has 0 spiro atoms. The minimum atomic E-state index is -0.291. The van der Waals surface area contributed by atoms with E-state index < -0.39 is 0 Å². The number of anilines is 1. The summed E-state index contributed by atoms with van der Waals surface area (Å²) < 4.78 is 0. The van der Waals surface area contributed by atoms with Crippen LogP contribution in [-0.4, -0.2) is 23.8 Å². The Labute approximate surface area is 191 Å². The Balaban J connectivity index is 1.34. The van der Waals surface area contributed by atoms with Gasteiger partial charge in [0.1, 0.15) is 5.75 Å². The highest BCUT2D eigenvalue weighted by Gasteiger charge is 2.05. The van der Waals surface area contributed by atoms with Gasteiger partial charge in [-0.3, -0.25) is 4.79 Å². The highest BCUT2D eigenvalue weighted by Crippen LogP contribution is 2.22. The van der Waals surface area contributed by atoms with Crippen molar-refractivity contribution in [2.75, 3.05) is 11.9 Å². The van der Waals surface area contributed by atoms with Gasteiger partial charge in [-0.2, -0.15) is 5.10 Å². The quantitative estimate of drug-likeness (QED) is 0.266. The van der Waals surface area contributed by atoms with Crippen molar-refractivity contribution in [2.45, 2.75) is 6.42 Å². The van der Waals surface area contributed by atoms with E-state index in [1.165, 1.54) is 6.21 Å². The van der Waals surface area contributed by atoms with E-state index in [2.05, 4.69) is 15.8 Å². The molecule has 1 amide bonds. The summed E-state index contributed by atoms with van der Waals surface area (Å²) in [7, 11) is 0. The lowest BCUT2D eigenvalue weighted by molar-refractivity contribution is -0.119. The molecule has 32 heavy (non-hydrogen) atoms. The number of carbonyl (C=O) groups excluding carboxylic acids is 1. The zero-order valence-electron chi connectivity index (χ0n) is 17.3. The Morgan fingerprint density at radius 1 is 0.938 bits per heavy atom. The molecular formula is C26H22ClN3O2. The zero-order valence-corrected chi connectivity index (χ0v) is 18.0. The Kier molecular flexibility index (Phi) is 6.68. The fourth-order valence-corrected chi connectivity index (χ4v) is 3.58. The summed E-state index contributed by atoms with van der Waals surface area (Å²) in [6.45, 7) is 0.0776. The van der Waals surface area contributed by atoms with Crippen LogP contribution in [0.1, 0.15) is 16.7 Å². The Morgan fingerprint density at radius 2 is 1.72 bits per heavy atom. The van der Waals surface area contributed by atoms with Crippen LogP contribution in [0.4, 0.5) is 5.69 Å². The van der Waals surface area contributed by atoms with Crippen molar-refractivity contribution >= 4 is 40.2 Å². The van der Waals surface area contributed by atoms with Crippen molar-refractivity contribution in [3.8, 4) is 5.75 Å². The van der Waals surface area contributed by atoms with Crippen LogP contribution in [0.15, 0.2) is 90.0 Å². The first-order valence-electron chi connectivity index (χ1n) is 10.2. The molecule has 0 saturated heterocycles. The number of phenols is 1. The third-order valence-electron chi connectivity index (χ3n) is 5.04. The summed E-state index contributed by atoms with van der Waals surface area (Å²) in [6.07, 6.45) is 2.06. The number of phenolic OH excluding ortho intramolecular Hbond substituents is 1. The van der Waals surface area contributed by atoms with Gasteiger partial charge in [-0.15, -0.1) is 0 Å². The molecule has 0 bridgehead atoms. The topological polar surface area (TPSA) is 73.7 Å². The van der Waals surface area contributed by atoms with E-state index in [-0.39, 0.29) is 18.2 Å². The molecule has 0 heterocycles. The van der Waals surface area contributed by atoms with E-state index >= 15 is 0 Å². The molecule has 4 aromatic carbocycles. The summed E-state index contributed by atoms with van der Waals surface area (Å²) in [5.74, 6) is -0.207. The maximum atomic E-state index is 12.1. The van der Waals surface area contributed by atoms with Crippen molar-refractivity contribution in [1.29, 1.82) is 0 Å². The number of rotatable bonds is 7. The van der Waals surface area contributed by atoms with Gasteiger partial charge in [0, 0.05) is 16.3 Å². The molecule has 160 valence electrons. The molecule has 0 aliphatic heterocycles. The van der Waals surface area contributed by atoms with E-state index in [9.17, 15) is 9.90 Å². The van der Waals surface area contributed by atoms with Crippen molar-refractivity contribution in [3.05, 3.63) is 107 Å². The van der Waals surface area contributed by atoms with Gasteiger partial charge in [0.05, 0.1) is 12.8 Å². The van der Waals surface area contributed by atoms with Gasteiger partial charge in [-0.1, -0.05) is 66.2 Å². The number of amides is 1. The number of halogens is 1. The van der Waals surface area contributed by atoms with Crippen LogP contribution < -0.4 is 10.7 Å². The minimum absolute atomic E-state index is 0.0776. The van der Waals surface area contributed by atoms with Crippen molar-refractivity contribution in [2.24, 2.45) is 5.10 Å². The van der Waals surface area contributed by atoms with Gasteiger partial charge in [0.2, 0.25) is 0 Å². The van der Waals surface area contributed by atoms with E-state index in [1.54, 1.807) is 6.07 Å². The summed E-state index contributed by atoms with van der Waals surface area (Å²) in [5.41, 5.74) is 5.82. The van der Waals surface area contributed by atoms with Gasteiger partial charge < -0.3 is 10.4 Å². The highest BCUT2D eigenvalue weighted by molar-refractivity contribution is 6.31. The van der Waals surface area contributed by atoms with Crippen LogP contribution >= 0.6 is 11.6 Å². The number of hydrogen-bond acceptors (Lipinski definition) is 4. The number of hydrogen-bond donors (Lipinski definition) is 3. The largest absolute Gasteiger partial charge is 0.507 e. The third-order valence-corrected chi connectivity index (χ3v) is 5.41. The van der Waals surface area contributed by atoms with E-state index in [0.717, 1.165) is 27.6 Å². The number of benzene rings is 4. The second kappa shape index (κ2) is 9.98. The molecule has 0 atom stereocenters. The molecule has 0 aliphatic rings. The van der Waals surface area contributed by atoms with Gasteiger partial charge in [0.25, 0.3) is 5.91 Å². The average Bonchev–Trinajstić information content (AvgIpc) is 2.81. The molecule has 0 fully saturated rings. The summed E-state index contributed by atoms with van der Waals surface area (Å²) in [6, 6.07) is 26.9. The highest BCUT2D eigenvalue weighted by atomic mass is 35.5. The number of nitrogens with zero attached hydrogens (tertiary/aromatic N) is 1. The predicted molar refractivity (Wildman–Crippen MR) is 131 cm³/mol. The van der Waals surface area contributed by atoms with Gasteiger partial charge in [-0.25, -0.2) is 5.43 Å². The molecule has 4 rings (SSSR count). The van der Waals surface area contributed by atoms with Crippen molar-refractivity contribution in [3.63, 3.8) is 0 Å². The van der Waals surface area contributed by atoms with Gasteiger partial charge >= 0.3 is 0 Å². The number of nitrogens with one attached hydrogen (secondary N) is 2. The maximum Gasteiger partial charge on any atom is 0.259 e. The van der Waals surface area contributed by atoms with Crippen molar-refractivity contribution < 1.29 is 9.90 Å². The predicted octanol–water partition coefficient (Wildman–Crippen LogP) is 5.35. The fourth-order valence-electron chi connectivity index (χ4n) is 3.37. The van der Waals surface area contributed by atoms with E-state index in [1.807, 2.05) is 78.9 Å². The maximum absolute atomic E-state index is 12.1. The molecule has 0 saturated carbocycles. The first kappa shape index (κ1) is 21.4. The summed E-state index contributed by atoms with van der Waals surface area (Å²) in [5, 5.41) is 20.1. The van der Waals surface area contributed by atoms with Crippen LogP contribution in [0, 0.1) is 0 Å². The molecule has 0 unspecified atom stereocenters. The van der Waals surface area contributed by atoms with Crippen molar-refractivity contribution in [1.82, 2.24) is 5.43 Å². The molecular weight excluding hydrogens is 422 g/mol. The molecule has 6 heteroatoms. The van der Waals surface area contributed by atoms with E-state index in [4.69, 9.17) is 11.6 Å². The number of hydrazone groups is 1. The van der Waals surface area contributed by atoms with Gasteiger partial charge in [-0.05, 0) is 58.7 Å². The van der Waals surface area contributed by atoms with Crippen LogP contribution in [-0.2, 0) is 11.2 Å². The zero-order chi connectivity index (χ0) is 22.3. The second-order valence-electron chi connectivity index (χ2n) is 7.37. The fraction of sp³-hybridized carbons (Fsp3) is 0.0769. The summed E-state index contributed by atoms with van der Waals surface area (Å²) >= 11 is 6.24. The van der Waals surface area contributed by atoms with Gasteiger partial charge in [0.15, 0.2) is 0 Å². The molecule has 5 nitrogen and oxygen atoms in total. The Hall–Kier alpha value is -3.83. The first-order valence-corrected chi connectivity index (χ1v) is 10.6. The number of aromatic hydroxyl groups is 1. The average molecular weight is 444 g/mol. The number of carbonyl (C=O) groups is 1. The normalized spacial score (nSPS) is 11.0. The van der Waals surface area contributed by atoms with Crippen LogP contribution in [0.5, 0.6) is 5.75 Å². The Bertz CT molecular complexity index is 1290. The smallest absolute Gasteiger partial charge is 0.259 e. The molecule has 3 N–H and O–H groups in total. The monoisotopic (exact) mass is 443 g/mol. The minimum Gasteiger partial charge on any atom is -0.507 e. The lowest BCUT2D eigenvalue weighted by Crippen LogP contribution is -2.25. The third kappa shape index (κ3) is 5.45.